The topological polar surface area (TPSA) is 90.5 Å². The van der Waals surface area contributed by atoms with E-state index in [0.717, 1.165) is 11.1 Å². The van der Waals surface area contributed by atoms with Gasteiger partial charge in [0.15, 0.2) is 0 Å². The van der Waals surface area contributed by atoms with Crippen LogP contribution in [-0.2, 0) is 17.8 Å². The molecule has 6 heteroatoms. The molecule has 0 saturated heterocycles. The number of amides is 3. The second-order valence-electron chi connectivity index (χ2n) is 6.68. The summed E-state index contributed by atoms with van der Waals surface area (Å²) in [4.78, 5) is 23.1. The average molecular weight is 369 g/mol. The van der Waals surface area contributed by atoms with E-state index in [4.69, 9.17) is 0 Å². The molecule has 4 N–H and O–H groups in total. The molecule has 27 heavy (non-hydrogen) atoms. The van der Waals surface area contributed by atoms with Crippen molar-refractivity contribution in [3.8, 4) is 0 Å². The first-order valence-electron chi connectivity index (χ1n) is 9.01. The van der Waals surface area contributed by atoms with Crippen LogP contribution >= 0.6 is 0 Å². The number of aliphatic hydroxyl groups excluding tert-OH is 1. The van der Waals surface area contributed by atoms with Gasteiger partial charge in [-0.25, -0.2) is 4.79 Å². The summed E-state index contributed by atoms with van der Waals surface area (Å²) in [5.74, 6) is -0.178. The standard InChI is InChI=1S/C21H27N3O3/c1-15-6-8-17(9-7-15)10-19(14-25)13-23-21(27)22-12-18-4-3-5-20(11-18)24-16(2)26/h3-9,11,19,25H,10,12-14H2,1-2H3,(H,24,26)(H2,22,23,27). The fourth-order valence-corrected chi connectivity index (χ4v) is 2.70. The average Bonchev–Trinajstić information content (AvgIpc) is 2.64. The van der Waals surface area contributed by atoms with Gasteiger partial charge in [-0.2, -0.15) is 0 Å². The Balaban J connectivity index is 1.77. The maximum absolute atomic E-state index is 12.0. The van der Waals surface area contributed by atoms with Gasteiger partial charge in [-0.05, 0) is 36.6 Å². The molecule has 0 radical (unpaired) electrons. The molecule has 1 atom stereocenters. The molecule has 3 amide bonds. The molecule has 0 aliphatic rings. The quantitative estimate of drug-likeness (QED) is 0.576. The number of urea groups is 1. The highest BCUT2D eigenvalue weighted by Crippen LogP contribution is 2.11. The number of anilines is 1. The number of hydrogen-bond donors (Lipinski definition) is 4. The Labute approximate surface area is 160 Å². The molecule has 2 aromatic carbocycles. The van der Waals surface area contributed by atoms with Gasteiger partial charge in [-0.1, -0.05) is 42.0 Å². The van der Waals surface area contributed by atoms with Crippen LogP contribution < -0.4 is 16.0 Å². The summed E-state index contributed by atoms with van der Waals surface area (Å²) < 4.78 is 0. The molecule has 0 aromatic heterocycles. The highest BCUT2D eigenvalue weighted by molar-refractivity contribution is 5.88. The predicted octanol–water partition coefficient (Wildman–Crippen LogP) is 2.60. The zero-order valence-corrected chi connectivity index (χ0v) is 15.8. The molecule has 1 unspecified atom stereocenters. The Morgan fingerprint density at radius 1 is 1.04 bits per heavy atom. The van der Waals surface area contributed by atoms with Crippen molar-refractivity contribution in [3.63, 3.8) is 0 Å². The number of aryl methyl sites for hydroxylation is 1. The van der Waals surface area contributed by atoms with Gasteiger partial charge in [-0.15, -0.1) is 0 Å². The molecule has 0 aliphatic heterocycles. The Hall–Kier alpha value is -2.86. The van der Waals surface area contributed by atoms with Gasteiger partial charge < -0.3 is 21.1 Å². The van der Waals surface area contributed by atoms with Crippen LogP contribution in [-0.4, -0.2) is 30.2 Å². The lowest BCUT2D eigenvalue weighted by atomic mass is 9.99. The number of hydrogen-bond acceptors (Lipinski definition) is 3. The molecule has 0 bridgehead atoms. The third kappa shape index (κ3) is 7.50. The van der Waals surface area contributed by atoms with Gasteiger partial charge in [-0.3, -0.25) is 4.79 Å². The van der Waals surface area contributed by atoms with E-state index in [-0.39, 0.29) is 24.5 Å². The van der Waals surface area contributed by atoms with E-state index in [9.17, 15) is 14.7 Å². The van der Waals surface area contributed by atoms with Crippen molar-refractivity contribution < 1.29 is 14.7 Å². The first-order chi connectivity index (χ1) is 13.0. The lowest BCUT2D eigenvalue weighted by molar-refractivity contribution is -0.114. The van der Waals surface area contributed by atoms with Gasteiger partial charge in [0.25, 0.3) is 0 Å². The molecule has 0 saturated carbocycles. The Morgan fingerprint density at radius 2 is 1.78 bits per heavy atom. The first kappa shape index (κ1) is 20.5. The zero-order chi connectivity index (χ0) is 19.6. The van der Waals surface area contributed by atoms with E-state index in [0.29, 0.717) is 25.2 Å². The molecular weight excluding hydrogens is 342 g/mol. The summed E-state index contributed by atoms with van der Waals surface area (Å²) in [6.07, 6.45) is 0.704. The molecule has 0 spiro atoms. The molecule has 0 fully saturated rings. The van der Waals surface area contributed by atoms with Crippen molar-refractivity contribution in [1.82, 2.24) is 10.6 Å². The number of aliphatic hydroxyl groups is 1. The third-order valence-corrected chi connectivity index (χ3v) is 4.15. The van der Waals surface area contributed by atoms with Crippen molar-refractivity contribution in [2.24, 2.45) is 5.92 Å². The second kappa shape index (κ2) is 10.3. The molecule has 2 aromatic rings. The smallest absolute Gasteiger partial charge is 0.315 e. The second-order valence-corrected chi connectivity index (χ2v) is 6.68. The Bertz CT molecular complexity index is 760. The zero-order valence-electron chi connectivity index (χ0n) is 15.8. The molecule has 6 nitrogen and oxygen atoms in total. The fourth-order valence-electron chi connectivity index (χ4n) is 2.70. The van der Waals surface area contributed by atoms with Gasteiger partial charge in [0.1, 0.15) is 0 Å². The van der Waals surface area contributed by atoms with Crippen LogP contribution in [0.3, 0.4) is 0 Å². The van der Waals surface area contributed by atoms with Crippen molar-refractivity contribution in [3.05, 3.63) is 65.2 Å². The number of nitrogens with one attached hydrogen (secondary N) is 3. The van der Waals surface area contributed by atoms with Gasteiger partial charge in [0.05, 0.1) is 0 Å². The number of benzene rings is 2. The van der Waals surface area contributed by atoms with Crippen molar-refractivity contribution in [2.75, 3.05) is 18.5 Å². The largest absolute Gasteiger partial charge is 0.396 e. The van der Waals surface area contributed by atoms with Gasteiger partial charge in [0.2, 0.25) is 5.91 Å². The van der Waals surface area contributed by atoms with Crippen LogP contribution in [0.5, 0.6) is 0 Å². The highest BCUT2D eigenvalue weighted by Gasteiger charge is 2.10. The monoisotopic (exact) mass is 369 g/mol. The van der Waals surface area contributed by atoms with E-state index in [1.807, 2.05) is 49.4 Å². The maximum Gasteiger partial charge on any atom is 0.315 e. The van der Waals surface area contributed by atoms with Crippen LogP contribution in [0, 0.1) is 12.8 Å². The number of carbonyl (C=O) groups is 2. The molecule has 0 heterocycles. The van der Waals surface area contributed by atoms with E-state index < -0.39 is 0 Å². The van der Waals surface area contributed by atoms with Crippen molar-refractivity contribution >= 4 is 17.6 Å². The summed E-state index contributed by atoms with van der Waals surface area (Å²) in [5.41, 5.74) is 3.91. The van der Waals surface area contributed by atoms with E-state index in [1.165, 1.54) is 12.5 Å². The normalized spacial score (nSPS) is 11.5. The SMILES string of the molecule is CC(=O)Nc1cccc(CNC(=O)NCC(CO)Cc2ccc(C)cc2)c1. The fraction of sp³-hybridized carbons (Fsp3) is 0.333. The van der Waals surface area contributed by atoms with E-state index in [1.54, 1.807) is 6.07 Å². The minimum Gasteiger partial charge on any atom is -0.396 e. The third-order valence-electron chi connectivity index (χ3n) is 4.15. The summed E-state index contributed by atoms with van der Waals surface area (Å²) in [7, 11) is 0. The van der Waals surface area contributed by atoms with E-state index in [2.05, 4.69) is 16.0 Å². The van der Waals surface area contributed by atoms with Crippen LogP contribution in [0.4, 0.5) is 10.5 Å². The van der Waals surface area contributed by atoms with Gasteiger partial charge >= 0.3 is 6.03 Å². The van der Waals surface area contributed by atoms with Crippen molar-refractivity contribution in [1.29, 1.82) is 0 Å². The lowest BCUT2D eigenvalue weighted by Gasteiger charge is -2.16. The predicted molar refractivity (Wildman–Crippen MR) is 106 cm³/mol. The summed E-state index contributed by atoms with van der Waals surface area (Å²) in [6, 6.07) is 15.2. The molecule has 144 valence electrons. The van der Waals surface area contributed by atoms with Crippen LogP contribution in [0.2, 0.25) is 0 Å². The Kier molecular flexibility index (Phi) is 7.82. The van der Waals surface area contributed by atoms with Crippen LogP contribution in [0.1, 0.15) is 23.6 Å². The molecule has 0 aliphatic carbocycles. The summed E-state index contributed by atoms with van der Waals surface area (Å²) >= 11 is 0. The van der Waals surface area contributed by atoms with Gasteiger partial charge in [0, 0.05) is 38.2 Å². The minimum atomic E-state index is -0.290. The molecular formula is C21H27N3O3. The first-order valence-corrected chi connectivity index (χ1v) is 9.01. The number of carbonyl (C=O) groups excluding carboxylic acids is 2. The highest BCUT2D eigenvalue weighted by atomic mass is 16.3. The maximum atomic E-state index is 12.0. The summed E-state index contributed by atoms with van der Waals surface area (Å²) in [5, 5.41) is 17.9. The van der Waals surface area contributed by atoms with Crippen LogP contribution in [0.25, 0.3) is 0 Å². The van der Waals surface area contributed by atoms with Crippen LogP contribution in [0.15, 0.2) is 48.5 Å². The molecule has 2 rings (SSSR count). The lowest BCUT2D eigenvalue weighted by Crippen LogP contribution is -2.39. The number of rotatable bonds is 8. The van der Waals surface area contributed by atoms with Crippen molar-refractivity contribution in [2.45, 2.75) is 26.8 Å². The van der Waals surface area contributed by atoms with E-state index >= 15 is 0 Å². The Morgan fingerprint density at radius 3 is 2.44 bits per heavy atom. The summed E-state index contributed by atoms with van der Waals surface area (Å²) in [6.45, 7) is 4.23. The minimum absolute atomic E-state index is 0.00686.